The smallest absolute Gasteiger partial charge is 0.258 e. The second kappa shape index (κ2) is 11.9. The van der Waals surface area contributed by atoms with Crippen molar-refractivity contribution in [1.29, 1.82) is 0 Å². The zero-order valence-electron chi connectivity index (χ0n) is 21.8. The lowest BCUT2D eigenvalue weighted by molar-refractivity contribution is -0.117. The number of fused-ring (bicyclic) bond motifs is 1. The van der Waals surface area contributed by atoms with Crippen molar-refractivity contribution >= 4 is 45.8 Å². The highest BCUT2D eigenvalue weighted by Gasteiger charge is 2.38. The molecule has 0 saturated heterocycles. The first-order chi connectivity index (χ1) is 18.9. The fourth-order valence-corrected chi connectivity index (χ4v) is 5.42. The third-order valence-corrected chi connectivity index (χ3v) is 7.56. The summed E-state index contributed by atoms with van der Waals surface area (Å²) in [6.45, 7) is 4.14. The van der Waals surface area contributed by atoms with Crippen LogP contribution in [0.1, 0.15) is 54.5 Å². The Kier molecular flexibility index (Phi) is 8.20. The molecule has 2 atom stereocenters. The van der Waals surface area contributed by atoms with Crippen molar-refractivity contribution in [3.63, 3.8) is 0 Å². The molecular weight excluding hydrogens is 607 g/mol. The molecule has 3 aromatic carbocycles. The number of benzene rings is 3. The molecule has 9 nitrogen and oxygen atoms in total. The molecule has 0 radical (unpaired) electrons. The van der Waals surface area contributed by atoms with Gasteiger partial charge in [-0.1, -0.05) is 23.4 Å². The monoisotopic (exact) mass is 636 g/mol. The molecule has 10 heteroatoms. The minimum Gasteiger partial charge on any atom is -0.494 e. The molecule has 0 aliphatic carbocycles. The van der Waals surface area contributed by atoms with E-state index in [2.05, 4.69) is 43.2 Å². The molecule has 1 aromatic heterocycles. The normalized spacial score (nSPS) is 16.4. The van der Waals surface area contributed by atoms with Crippen molar-refractivity contribution in [3.8, 4) is 5.75 Å². The lowest BCUT2D eigenvalue weighted by Crippen LogP contribution is -2.47. The van der Waals surface area contributed by atoms with Gasteiger partial charge in [0.25, 0.3) is 5.91 Å². The Morgan fingerprint density at radius 2 is 1.82 bits per heavy atom. The first kappa shape index (κ1) is 26.8. The van der Waals surface area contributed by atoms with Gasteiger partial charge >= 0.3 is 0 Å². The minimum atomic E-state index is -0.180. The summed E-state index contributed by atoms with van der Waals surface area (Å²) in [7, 11) is 0. The van der Waals surface area contributed by atoms with Crippen LogP contribution in [-0.4, -0.2) is 45.1 Å². The van der Waals surface area contributed by atoms with Crippen LogP contribution in [0.2, 0.25) is 0 Å². The van der Waals surface area contributed by atoms with E-state index < -0.39 is 0 Å². The third kappa shape index (κ3) is 5.95. The summed E-state index contributed by atoms with van der Waals surface area (Å²) >= 11 is 2.26. The van der Waals surface area contributed by atoms with Gasteiger partial charge in [0.2, 0.25) is 5.91 Å². The van der Waals surface area contributed by atoms with Gasteiger partial charge < -0.3 is 14.5 Å². The Balaban J connectivity index is 1.33. The number of nitrogens with one attached hydrogen (secondary N) is 1. The van der Waals surface area contributed by atoms with Crippen LogP contribution in [0.4, 0.5) is 11.4 Å². The van der Waals surface area contributed by atoms with E-state index in [0.29, 0.717) is 36.6 Å². The summed E-state index contributed by atoms with van der Waals surface area (Å²) in [5.41, 5.74) is 3.21. The maximum absolute atomic E-state index is 13.8. The predicted molar refractivity (Wildman–Crippen MR) is 157 cm³/mol. The van der Waals surface area contributed by atoms with Gasteiger partial charge in [-0.25, -0.2) is 0 Å². The van der Waals surface area contributed by atoms with Gasteiger partial charge in [0.1, 0.15) is 5.75 Å². The van der Waals surface area contributed by atoms with Crippen LogP contribution in [0.15, 0.2) is 72.8 Å². The Bertz CT molecular complexity index is 1430. The highest BCUT2D eigenvalue weighted by molar-refractivity contribution is 14.1. The molecule has 2 heterocycles. The molecule has 1 aliphatic rings. The lowest BCUT2D eigenvalue weighted by Gasteiger charge is -2.43. The van der Waals surface area contributed by atoms with E-state index in [0.717, 1.165) is 26.9 Å². The van der Waals surface area contributed by atoms with Crippen molar-refractivity contribution in [2.45, 2.75) is 45.2 Å². The number of aromatic amines is 1. The SMILES string of the molecule is CC(=O)N(c1ccc(I)cc1)[C@@H]1C[C@H](C)N(C(=O)c2ccc(OCCCc3nn[nH]n3)cc2)c2ccccc21. The standard InChI is InChI=1S/C29H29IN6O3/c1-19-18-27(36(20(2)37)23-13-11-22(30)12-14-23)25-6-3-4-7-26(25)35(19)29(38)21-9-15-24(16-10-21)39-17-5-8-28-31-33-34-32-28/h3-4,6-7,9-16,19,27H,5,8,17-18H2,1-2H3,(H,31,32,33,34)/t19-,27+/m0/s1. The van der Waals surface area contributed by atoms with Gasteiger partial charge in [-0.05, 0) is 103 Å². The summed E-state index contributed by atoms with van der Waals surface area (Å²) < 4.78 is 6.93. The second-order valence-electron chi connectivity index (χ2n) is 9.50. The molecule has 4 aromatic rings. The number of aryl methyl sites for hydroxylation is 1. The van der Waals surface area contributed by atoms with E-state index in [9.17, 15) is 9.59 Å². The number of aromatic nitrogens is 4. The highest BCUT2D eigenvalue weighted by Crippen LogP contribution is 2.42. The highest BCUT2D eigenvalue weighted by atomic mass is 127. The van der Waals surface area contributed by atoms with Crippen LogP contribution in [0.5, 0.6) is 5.75 Å². The van der Waals surface area contributed by atoms with Crippen LogP contribution in [0.25, 0.3) is 0 Å². The first-order valence-electron chi connectivity index (χ1n) is 12.9. The van der Waals surface area contributed by atoms with Gasteiger partial charge in [-0.15, -0.1) is 10.2 Å². The maximum Gasteiger partial charge on any atom is 0.258 e. The van der Waals surface area contributed by atoms with Crippen molar-refractivity contribution < 1.29 is 14.3 Å². The quantitative estimate of drug-likeness (QED) is 0.207. The molecule has 0 spiro atoms. The molecule has 0 saturated carbocycles. The third-order valence-electron chi connectivity index (χ3n) is 6.84. The number of carbonyl (C=O) groups excluding carboxylic acids is 2. The molecule has 200 valence electrons. The molecule has 0 fully saturated rings. The Labute approximate surface area is 240 Å². The molecule has 0 bridgehead atoms. The number of nitrogens with zero attached hydrogens (tertiary/aromatic N) is 5. The molecule has 39 heavy (non-hydrogen) atoms. The maximum atomic E-state index is 13.8. The van der Waals surface area contributed by atoms with Crippen molar-refractivity contribution in [3.05, 3.63) is 93.3 Å². The van der Waals surface area contributed by atoms with E-state index in [1.165, 1.54) is 0 Å². The Morgan fingerprint density at radius 1 is 1.08 bits per heavy atom. The summed E-state index contributed by atoms with van der Waals surface area (Å²) in [5.74, 6) is 1.24. The van der Waals surface area contributed by atoms with E-state index in [1.807, 2.05) is 77.4 Å². The van der Waals surface area contributed by atoms with Gasteiger partial charge in [0, 0.05) is 39.9 Å². The summed E-state index contributed by atoms with van der Waals surface area (Å²) in [6.07, 6.45) is 2.05. The fourth-order valence-electron chi connectivity index (χ4n) is 5.06. The average Bonchev–Trinajstić information content (AvgIpc) is 3.46. The van der Waals surface area contributed by atoms with E-state index in [1.54, 1.807) is 19.1 Å². The van der Waals surface area contributed by atoms with Crippen LogP contribution >= 0.6 is 22.6 Å². The van der Waals surface area contributed by atoms with Gasteiger partial charge in [-0.2, -0.15) is 5.21 Å². The van der Waals surface area contributed by atoms with Gasteiger partial charge in [-0.3, -0.25) is 9.59 Å². The average molecular weight is 636 g/mol. The fraction of sp³-hybridized carbons (Fsp3) is 0.276. The summed E-state index contributed by atoms with van der Waals surface area (Å²) in [5, 5.41) is 13.9. The molecule has 1 aliphatic heterocycles. The summed E-state index contributed by atoms with van der Waals surface area (Å²) in [4.78, 5) is 30.4. The lowest BCUT2D eigenvalue weighted by atomic mass is 9.89. The van der Waals surface area contributed by atoms with E-state index in [-0.39, 0.29) is 23.9 Å². The Hall–Kier alpha value is -3.80. The number of para-hydroxylation sites is 1. The number of hydrogen-bond donors (Lipinski definition) is 1. The Morgan fingerprint density at radius 3 is 2.51 bits per heavy atom. The van der Waals surface area contributed by atoms with E-state index >= 15 is 0 Å². The number of rotatable bonds is 8. The van der Waals surface area contributed by atoms with Crippen molar-refractivity contribution in [2.75, 3.05) is 16.4 Å². The largest absolute Gasteiger partial charge is 0.494 e. The van der Waals surface area contributed by atoms with E-state index in [4.69, 9.17) is 4.74 Å². The zero-order valence-corrected chi connectivity index (χ0v) is 23.9. The second-order valence-corrected chi connectivity index (χ2v) is 10.7. The molecule has 1 N–H and O–H groups in total. The van der Waals surface area contributed by atoms with Crippen molar-refractivity contribution in [2.24, 2.45) is 0 Å². The number of carbonyl (C=O) groups is 2. The van der Waals surface area contributed by atoms with Crippen LogP contribution < -0.4 is 14.5 Å². The number of halogens is 1. The predicted octanol–water partition coefficient (Wildman–Crippen LogP) is 5.35. The zero-order chi connectivity index (χ0) is 27.4. The topological polar surface area (TPSA) is 104 Å². The van der Waals surface area contributed by atoms with Crippen molar-refractivity contribution in [1.82, 2.24) is 20.6 Å². The number of hydrogen-bond acceptors (Lipinski definition) is 6. The molecule has 2 amide bonds. The van der Waals surface area contributed by atoms with Gasteiger partial charge in [0.05, 0.1) is 12.6 Å². The molecule has 5 rings (SSSR count). The number of H-pyrrole nitrogens is 1. The van der Waals surface area contributed by atoms with Crippen LogP contribution in [-0.2, 0) is 11.2 Å². The van der Waals surface area contributed by atoms with Crippen LogP contribution in [0, 0.1) is 3.57 Å². The minimum absolute atomic E-state index is 0.0316. The molecule has 0 unspecified atom stereocenters. The molecular formula is C29H29IN6O3. The van der Waals surface area contributed by atoms with Crippen LogP contribution in [0.3, 0.4) is 0 Å². The number of anilines is 2. The summed E-state index contributed by atoms with van der Waals surface area (Å²) in [6, 6.07) is 22.8. The van der Waals surface area contributed by atoms with Gasteiger partial charge in [0.15, 0.2) is 5.82 Å². The first-order valence-corrected chi connectivity index (χ1v) is 13.9. The number of amides is 2. The number of ether oxygens (including phenoxy) is 1. The number of tetrazole rings is 1.